The molecule has 6 heteroatoms. The summed E-state index contributed by atoms with van der Waals surface area (Å²) in [6, 6.07) is 7.65. The molecule has 1 aromatic rings. The highest BCUT2D eigenvalue weighted by Crippen LogP contribution is 2.14. The van der Waals surface area contributed by atoms with E-state index in [0.29, 0.717) is 26.2 Å². The third kappa shape index (κ3) is 4.46. The second kappa shape index (κ2) is 7.08. The Hall–Kier alpha value is -2.08. The van der Waals surface area contributed by atoms with Gasteiger partial charge in [0.2, 0.25) is 11.8 Å². The van der Waals surface area contributed by atoms with Crippen LogP contribution in [-0.4, -0.2) is 62.0 Å². The van der Waals surface area contributed by atoms with Crippen LogP contribution in [-0.2, 0) is 16.1 Å². The van der Waals surface area contributed by atoms with E-state index in [1.165, 1.54) is 0 Å². The summed E-state index contributed by atoms with van der Waals surface area (Å²) in [5.41, 5.74) is 1.02. The Kier molecular flexibility index (Phi) is 5.16. The van der Waals surface area contributed by atoms with Crippen molar-refractivity contribution in [2.75, 3.05) is 40.3 Å². The Morgan fingerprint density at radius 1 is 1.48 bits per heavy atom. The first-order valence-corrected chi connectivity index (χ1v) is 6.94. The standard InChI is InChI=1S/C15H21N3O3/c1-17(9-12-4-3-5-13(8-12)21-2)15(20)11-18-7-6-16-14(19)10-18/h3-5,8H,6-7,9-11H2,1-2H3,(H,16,19). The average molecular weight is 291 g/mol. The van der Waals surface area contributed by atoms with Gasteiger partial charge in [0.1, 0.15) is 5.75 Å². The van der Waals surface area contributed by atoms with Crippen LogP contribution < -0.4 is 10.1 Å². The van der Waals surface area contributed by atoms with E-state index in [1.807, 2.05) is 29.2 Å². The normalized spacial score (nSPS) is 15.4. The maximum Gasteiger partial charge on any atom is 0.236 e. The first-order valence-electron chi connectivity index (χ1n) is 6.94. The minimum Gasteiger partial charge on any atom is -0.497 e. The van der Waals surface area contributed by atoms with Gasteiger partial charge in [-0.1, -0.05) is 12.1 Å². The molecular weight excluding hydrogens is 270 g/mol. The van der Waals surface area contributed by atoms with Crippen LogP contribution in [0.15, 0.2) is 24.3 Å². The Morgan fingerprint density at radius 2 is 2.29 bits per heavy atom. The van der Waals surface area contributed by atoms with Crippen molar-refractivity contribution in [3.63, 3.8) is 0 Å². The number of rotatable bonds is 5. The molecule has 1 aliphatic heterocycles. The molecule has 0 aliphatic carbocycles. The summed E-state index contributed by atoms with van der Waals surface area (Å²) in [7, 11) is 3.39. The van der Waals surface area contributed by atoms with Gasteiger partial charge in [-0.25, -0.2) is 0 Å². The summed E-state index contributed by atoms with van der Waals surface area (Å²) in [5, 5.41) is 2.75. The van der Waals surface area contributed by atoms with Crippen LogP contribution in [0.1, 0.15) is 5.56 Å². The van der Waals surface area contributed by atoms with Crippen molar-refractivity contribution in [3.05, 3.63) is 29.8 Å². The van der Waals surface area contributed by atoms with Gasteiger partial charge in [-0.3, -0.25) is 14.5 Å². The summed E-state index contributed by atoms with van der Waals surface area (Å²) in [4.78, 5) is 27.0. The average Bonchev–Trinajstić information content (AvgIpc) is 2.47. The molecule has 1 aromatic carbocycles. The van der Waals surface area contributed by atoms with Crippen LogP contribution >= 0.6 is 0 Å². The SMILES string of the molecule is COc1cccc(CN(C)C(=O)CN2CCNC(=O)C2)c1. The first kappa shape index (κ1) is 15.3. The number of benzene rings is 1. The van der Waals surface area contributed by atoms with Gasteiger partial charge in [0.15, 0.2) is 0 Å². The second-order valence-electron chi connectivity index (χ2n) is 5.16. The number of likely N-dealkylation sites (N-methyl/N-ethyl adjacent to an activating group) is 1. The van der Waals surface area contributed by atoms with Crippen molar-refractivity contribution in [3.8, 4) is 5.75 Å². The van der Waals surface area contributed by atoms with E-state index in [1.54, 1.807) is 19.1 Å². The van der Waals surface area contributed by atoms with Crippen molar-refractivity contribution < 1.29 is 14.3 Å². The molecule has 21 heavy (non-hydrogen) atoms. The molecule has 1 aliphatic rings. The van der Waals surface area contributed by atoms with Crippen molar-refractivity contribution in [1.82, 2.24) is 15.1 Å². The largest absolute Gasteiger partial charge is 0.497 e. The molecule has 2 rings (SSSR count). The lowest BCUT2D eigenvalue weighted by atomic mass is 10.2. The van der Waals surface area contributed by atoms with Gasteiger partial charge in [-0.05, 0) is 17.7 Å². The minimum atomic E-state index is -0.0236. The molecule has 2 amide bonds. The molecule has 1 saturated heterocycles. The van der Waals surface area contributed by atoms with Crippen LogP contribution in [0.2, 0.25) is 0 Å². The predicted octanol–water partition coefficient (Wildman–Crippen LogP) is 0.0854. The van der Waals surface area contributed by atoms with Gasteiger partial charge < -0.3 is 15.0 Å². The predicted molar refractivity (Wildman–Crippen MR) is 78.9 cm³/mol. The number of carbonyl (C=O) groups is 2. The number of nitrogens with one attached hydrogen (secondary N) is 1. The Bertz CT molecular complexity index is 519. The van der Waals surface area contributed by atoms with Crippen molar-refractivity contribution in [2.45, 2.75) is 6.54 Å². The highest BCUT2D eigenvalue weighted by atomic mass is 16.5. The second-order valence-corrected chi connectivity index (χ2v) is 5.16. The van der Waals surface area contributed by atoms with Crippen LogP contribution in [0.3, 0.4) is 0 Å². The van der Waals surface area contributed by atoms with E-state index < -0.39 is 0 Å². The highest BCUT2D eigenvalue weighted by Gasteiger charge is 2.20. The van der Waals surface area contributed by atoms with Crippen molar-refractivity contribution in [1.29, 1.82) is 0 Å². The Balaban J connectivity index is 1.88. The molecule has 6 nitrogen and oxygen atoms in total. The van der Waals surface area contributed by atoms with Crippen molar-refractivity contribution >= 4 is 11.8 Å². The molecule has 0 aromatic heterocycles. The number of hydrogen-bond donors (Lipinski definition) is 1. The van der Waals surface area contributed by atoms with E-state index in [9.17, 15) is 9.59 Å². The monoisotopic (exact) mass is 291 g/mol. The molecule has 114 valence electrons. The number of methoxy groups -OCH3 is 1. The molecule has 1 fully saturated rings. The van der Waals surface area contributed by atoms with Gasteiger partial charge in [-0.2, -0.15) is 0 Å². The van der Waals surface area contributed by atoms with Crippen LogP contribution in [0.4, 0.5) is 0 Å². The summed E-state index contributed by atoms with van der Waals surface area (Å²) >= 11 is 0. The summed E-state index contributed by atoms with van der Waals surface area (Å²) < 4.78 is 5.17. The zero-order chi connectivity index (χ0) is 15.2. The molecule has 0 unspecified atom stereocenters. The third-order valence-corrected chi connectivity index (χ3v) is 3.46. The molecule has 0 spiro atoms. The summed E-state index contributed by atoms with van der Waals surface area (Å²) in [6.07, 6.45) is 0. The molecule has 1 N–H and O–H groups in total. The Morgan fingerprint density at radius 3 is 3.00 bits per heavy atom. The minimum absolute atomic E-state index is 0.00696. The third-order valence-electron chi connectivity index (χ3n) is 3.46. The molecule has 1 heterocycles. The summed E-state index contributed by atoms with van der Waals surface area (Å²) in [6.45, 7) is 2.40. The van der Waals surface area contributed by atoms with Gasteiger partial charge in [0.25, 0.3) is 0 Å². The Labute approximate surface area is 124 Å². The van der Waals surface area contributed by atoms with E-state index in [4.69, 9.17) is 4.74 Å². The molecule has 0 radical (unpaired) electrons. The fraction of sp³-hybridized carbons (Fsp3) is 0.467. The van der Waals surface area contributed by atoms with E-state index in [-0.39, 0.29) is 18.4 Å². The molecule has 0 saturated carbocycles. The number of carbonyl (C=O) groups excluding carboxylic acids is 2. The number of piperazine rings is 1. The fourth-order valence-electron chi connectivity index (χ4n) is 2.27. The molecular formula is C15H21N3O3. The lowest BCUT2D eigenvalue weighted by molar-refractivity contribution is -0.133. The molecule has 0 bridgehead atoms. The first-order chi connectivity index (χ1) is 10.1. The fourth-order valence-corrected chi connectivity index (χ4v) is 2.27. The maximum atomic E-state index is 12.2. The smallest absolute Gasteiger partial charge is 0.236 e. The molecule has 0 atom stereocenters. The number of amides is 2. The zero-order valence-corrected chi connectivity index (χ0v) is 12.5. The van der Waals surface area contributed by atoms with Gasteiger partial charge >= 0.3 is 0 Å². The maximum absolute atomic E-state index is 12.2. The van der Waals surface area contributed by atoms with Crippen LogP contribution in [0.25, 0.3) is 0 Å². The number of ether oxygens (including phenoxy) is 1. The quantitative estimate of drug-likeness (QED) is 0.835. The summed E-state index contributed by atoms with van der Waals surface area (Å²) in [5.74, 6) is 0.762. The number of hydrogen-bond acceptors (Lipinski definition) is 4. The van der Waals surface area contributed by atoms with E-state index >= 15 is 0 Å². The van der Waals surface area contributed by atoms with Crippen LogP contribution in [0.5, 0.6) is 5.75 Å². The van der Waals surface area contributed by atoms with Gasteiger partial charge in [-0.15, -0.1) is 0 Å². The van der Waals surface area contributed by atoms with Gasteiger partial charge in [0, 0.05) is 26.7 Å². The topological polar surface area (TPSA) is 61.9 Å². The van der Waals surface area contributed by atoms with Gasteiger partial charge in [0.05, 0.1) is 20.2 Å². The number of nitrogens with zero attached hydrogens (tertiary/aromatic N) is 2. The lowest BCUT2D eigenvalue weighted by Gasteiger charge is -2.28. The zero-order valence-electron chi connectivity index (χ0n) is 12.5. The van der Waals surface area contributed by atoms with E-state index in [2.05, 4.69) is 5.32 Å². The lowest BCUT2D eigenvalue weighted by Crippen LogP contribution is -2.50. The van der Waals surface area contributed by atoms with Crippen LogP contribution in [0, 0.1) is 0 Å². The van der Waals surface area contributed by atoms with E-state index in [0.717, 1.165) is 11.3 Å². The van der Waals surface area contributed by atoms with Crippen molar-refractivity contribution in [2.24, 2.45) is 0 Å². The highest BCUT2D eigenvalue weighted by molar-refractivity contribution is 5.81.